The second-order valence-corrected chi connectivity index (χ2v) is 2.70. The van der Waals surface area contributed by atoms with Crippen molar-refractivity contribution in [2.45, 2.75) is 32.2 Å². The first kappa shape index (κ1) is 12.1. The molecule has 0 rings (SSSR count). The molecule has 78 valence electrons. The molecule has 4 nitrogen and oxygen atoms in total. The van der Waals surface area contributed by atoms with Crippen LogP contribution in [0.3, 0.4) is 0 Å². The van der Waals surface area contributed by atoms with Gasteiger partial charge in [-0.2, -0.15) is 0 Å². The van der Waals surface area contributed by atoms with Gasteiger partial charge in [-0.3, -0.25) is 0 Å². The summed E-state index contributed by atoms with van der Waals surface area (Å²) >= 11 is 0. The van der Waals surface area contributed by atoms with E-state index in [9.17, 15) is 8.78 Å². The summed E-state index contributed by atoms with van der Waals surface area (Å²) in [5.74, 6) is 0.0496. The van der Waals surface area contributed by atoms with Gasteiger partial charge in [0.05, 0.1) is 6.54 Å². The van der Waals surface area contributed by atoms with Gasteiger partial charge in [-0.05, 0) is 6.42 Å². The number of nitrogens with one attached hydrogen (secondary N) is 1. The molecule has 0 fully saturated rings. The largest absolute Gasteiger partial charge is 0.409 e. The number of hydrogen-bond acceptors (Lipinski definition) is 3. The van der Waals surface area contributed by atoms with E-state index in [4.69, 9.17) is 10.9 Å². The molecule has 4 N–H and O–H groups in total. The first-order valence-corrected chi connectivity index (χ1v) is 4.08. The number of hydrogen-bond donors (Lipinski definition) is 3. The lowest BCUT2D eigenvalue weighted by molar-refractivity contribution is 0.141. The van der Waals surface area contributed by atoms with Crippen LogP contribution in [0.4, 0.5) is 8.78 Å². The molecule has 0 aliphatic rings. The molecular weight excluding hydrogens is 180 g/mol. The van der Waals surface area contributed by atoms with Crippen LogP contribution in [-0.4, -0.2) is 30.1 Å². The fraction of sp³-hybridized carbons (Fsp3) is 0.857. The van der Waals surface area contributed by atoms with Gasteiger partial charge in [0.15, 0.2) is 0 Å². The van der Waals surface area contributed by atoms with Gasteiger partial charge >= 0.3 is 0 Å². The van der Waals surface area contributed by atoms with Crippen LogP contribution in [0.1, 0.15) is 19.8 Å². The highest BCUT2D eigenvalue weighted by Gasteiger charge is 2.10. The highest BCUT2D eigenvalue weighted by atomic mass is 19.3. The Morgan fingerprint density at radius 1 is 1.62 bits per heavy atom. The van der Waals surface area contributed by atoms with Crippen LogP contribution in [0, 0.1) is 0 Å². The third-order valence-corrected chi connectivity index (χ3v) is 1.64. The van der Waals surface area contributed by atoms with Crippen LogP contribution < -0.4 is 11.1 Å². The highest BCUT2D eigenvalue weighted by Crippen LogP contribution is 1.99. The predicted molar refractivity (Wildman–Crippen MR) is 46.1 cm³/mol. The van der Waals surface area contributed by atoms with Crippen LogP contribution in [0.25, 0.3) is 0 Å². The van der Waals surface area contributed by atoms with Crippen molar-refractivity contribution in [2.24, 2.45) is 10.9 Å². The quantitative estimate of drug-likeness (QED) is 0.253. The maximum atomic E-state index is 11.8. The minimum atomic E-state index is -2.37. The van der Waals surface area contributed by atoms with E-state index in [1.165, 1.54) is 0 Å². The number of amidine groups is 1. The Kier molecular flexibility index (Phi) is 6.13. The number of halogens is 2. The monoisotopic (exact) mass is 195 g/mol. The van der Waals surface area contributed by atoms with Crippen LogP contribution in [0.2, 0.25) is 0 Å². The van der Waals surface area contributed by atoms with E-state index in [0.29, 0.717) is 6.42 Å². The van der Waals surface area contributed by atoms with Crippen molar-refractivity contribution >= 4 is 5.84 Å². The Balaban J connectivity index is 3.76. The lowest BCUT2D eigenvalue weighted by atomic mass is 10.1. The first-order chi connectivity index (χ1) is 6.10. The van der Waals surface area contributed by atoms with Crippen molar-refractivity contribution in [1.29, 1.82) is 0 Å². The van der Waals surface area contributed by atoms with Gasteiger partial charge in [0, 0.05) is 12.5 Å². The maximum absolute atomic E-state index is 11.8. The van der Waals surface area contributed by atoms with Crippen molar-refractivity contribution in [3.05, 3.63) is 0 Å². The van der Waals surface area contributed by atoms with Gasteiger partial charge in [0.25, 0.3) is 6.43 Å². The zero-order chi connectivity index (χ0) is 10.3. The van der Waals surface area contributed by atoms with E-state index >= 15 is 0 Å². The molecule has 0 heterocycles. The molecule has 1 unspecified atom stereocenters. The van der Waals surface area contributed by atoms with Crippen LogP contribution in [-0.2, 0) is 0 Å². The topological polar surface area (TPSA) is 70.6 Å². The van der Waals surface area contributed by atoms with Gasteiger partial charge in [0.2, 0.25) is 0 Å². The summed E-state index contributed by atoms with van der Waals surface area (Å²) in [6.07, 6.45) is -1.44. The predicted octanol–water partition coefficient (Wildman–Crippen LogP) is 0.756. The normalized spacial score (nSPS) is 14.9. The molecule has 0 aliphatic heterocycles. The second-order valence-electron chi connectivity index (χ2n) is 2.70. The Hall–Kier alpha value is -0.910. The molecule has 0 saturated heterocycles. The fourth-order valence-corrected chi connectivity index (χ4v) is 0.910. The standard InChI is InChI=1S/C7H15F2N3O/c1-2-5(3-7(10)12-13)11-4-6(8)9/h5-6,11,13H,2-4H2,1H3,(H2,10,12). The third-order valence-electron chi connectivity index (χ3n) is 1.64. The maximum Gasteiger partial charge on any atom is 0.250 e. The average molecular weight is 195 g/mol. The molecule has 6 heteroatoms. The molecule has 0 saturated carbocycles. The van der Waals surface area contributed by atoms with Crippen molar-refractivity contribution < 1.29 is 14.0 Å². The zero-order valence-corrected chi connectivity index (χ0v) is 7.50. The number of nitrogens with zero attached hydrogens (tertiary/aromatic N) is 1. The third kappa shape index (κ3) is 6.27. The summed E-state index contributed by atoms with van der Waals surface area (Å²) in [6.45, 7) is 1.48. The van der Waals surface area contributed by atoms with Crippen LogP contribution in [0.15, 0.2) is 5.16 Å². The van der Waals surface area contributed by atoms with Crippen molar-refractivity contribution in [2.75, 3.05) is 6.54 Å². The Morgan fingerprint density at radius 2 is 2.23 bits per heavy atom. The molecule has 0 bridgehead atoms. The van der Waals surface area contributed by atoms with Gasteiger partial charge in [0.1, 0.15) is 5.84 Å². The lowest BCUT2D eigenvalue weighted by Crippen LogP contribution is -2.36. The van der Waals surface area contributed by atoms with Crippen LogP contribution >= 0.6 is 0 Å². The Labute approximate surface area is 75.8 Å². The first-order valence-electron chi connectivity index (χ1n) is 4.08. The van der Waals surface area contributed by atoms with Crippen molar-refractivity contribution in [1.82, 2.24) is 5.32 Å². The van der Waals surface area contributed by atoms with E-state index in [2.05, 4.69) is 10.5 Å². The molecule has 0 spiro atoms. The summed E-state index contributed by atoms with van der Waals surface area (Å²) < 4.78 is 23.6. The van der Waals surface area contributed by atoms with E-state index < -0.39 is 6.43 Å². The van der Waals surface area contributed by atoms with E-state index in [0.717, 1.165) is 0 Å². The van der Waals surface area contributed by atoms with E-state index in [1.807, 2.05) is 6.92 Å². The van der Waals surface area contributed by atoms with E-state index in [-0.39, 0.29) is 24.8 Å². The molecule has 13 heavy (non-hydrogen) atoms. The number of alkyl halides is 2. The van der Waals surface area contributed by atoms with Gasteiger partial charge in [-0.25, -0.2) is 8.78 Å². The molecule has 0 aromatic rings. The summed E-state index contributed by atoms with van der Waals surface area (Å²) in [6, 6.07) is -0.162. The number of oxime groups is 1. The molecule has 0 amide bonds. The Bertz CT molecular complexity index is 164. The summed E-state index contributed by atoms with van der Waals surface area (Å²) in [5.41, 5.74) is 5.23. The van der Waals surface area contributed by atoms with E-state index in [1.54, 1.807) is 0 Å². The summed E-state index contributed by atoms with van der Waals surface area (Å²) in [4.78, 5) is 0. The fourth-order valence-electron chi connectivity index (χ4n) is 0.910. The molecule has 1 atom stereocenters. The minimum Gasteiger partial charge on any atom is -0.409 e. The van der Waals surface area contributed by atoms with Crippen LogP contribution in [0.5, 0.6) is 0 Å². The minimum absolute atomic E-state index is 0.0496. The zero-order valence-electron chi connectivity index (χ0n) is 7.50. The molecular formula is C7H15F2N3O. The lowest BCUT2D eigenvalue weighted by Gasteiger charge is -2.15. The molecule has 0 aliphatic carbocycles. The molecule has 0 aromatic carbocycles. The highest BCUT2D eigenvalue weighted by molar-refractivity contribution is 5.80. The smallest absolute Gasteiger partial charge is 0.250 e. The molecule has 0 radical (unpaired) electrons. The average Bonchev–Trinajstić information content (AvgIpc) is 2.11. The van der Waals surface area contributed by atoms with Gasteiger partial charge in [-0.1, -0.05) is 12.1 Å². The van der Waals surface area contributed by atoms with Crippen molar-refractivity contribution in [3.8, 4) is 0 Å². The van der Waals surface area contributed by atoms with Crippen molar-refractivity contribution in [3.63, 3.8) is 0 Å². The second kappa shape index (κ2) is 6.59. The summed E-state index contributed by atoms with van der Waals surface area (Å²) in [7, 11) is 0. The molecule has 0 aromatic heterocycles. The Morgan fingerprint density at radius 3 is 2.62 bits per heavy atom. The number of rotatable bonds is 6. The summed E-state index contributed by atoms with van der Waals surface area (Å²) in [5, 5.41) is 13.6. The SMILES string of the molecule is CCC(CC(N)=NO)NCC(F)F. The van der Waals surface area contributed by atoms with Gasteiger partial charge < -0.3 is 16.3 Å². The number of nitrogens with two attached hydrogens (primary N) is 1. The van der Waals surface area contributed by atoms with Gasteiger partial charge in [-0.15, -0.1) is 0 Å².